The quantitative estimate of drug-likeness (QED) is 0.486. The Hall–Kier alpha value is -2.20. The molecule has 3 nitrogen and oxygen atoms in total. The topological polar surface area (TPSA) is 42.0 Å². The normalized spacial score (nSPS) is 10.9. The number of anilines is 1. The van der Waals surface area contributed by atoms with Crippen molar-refractivity contribution in [3.05, 3.63) is 47.8 Å². The van der Waals surface area contributed by atoms with Gasteiger partial charge in [-0.2, -0.15) is 0 Å². The van der Waals surface area contributed by atoms with Gasteiger partial charge in [-0.05, 0) is 17.2 Å². The van der Waals surface area contributed by atoms with E-state index in [1.165, 1.54) is 41.4 Å². The Morgan fingerprint density at radius 3 is 2.72 bits per heavy atom. The summed E-state index contributed by atoms with van der Waals surface area (Å²) in [6, 6.07) is 14.5. The van der Waals surface area contributed by atoms with Crippen LogP contribution in [0, 0.1) is 0 Å². The van der Waals surface area contributed by atoms with E-state index in [1.807, 2.05) is 23.6 Å². The van der Waals surface area contributed by atoms with Crippen LogP contribution in [-0.2, 0) is 4.79 Å². The monoisotopic (exact) mass is 352 g/mol. The Balaban J connectivity index is 1.63. The zero-order valence-corrected chi connectivity index (χ0v) is 15.4. The number of fused-ring (bicyclic) bond motifs is 1. The van der Waals surface area contributed by atoms with Gasteiger partial charge in [0.1, 0.15) is 0 Å². The first-order chi connectivity index (χ1) is 12.3. The van der Waals surface area contributed by atoms with E-state index >= 15 is 0 Å². The molecule has 0 saturated carbocycles. The van der Waals surface area contributed by atoms with Crippen LogP contribution in [0.3, 0.4) is 0 Å². The largest absolute Gasteiger partial charge is 0.302 e. The van der Waals surface area contributed by atoms with E-state index in [2.05, 4.69) is 41.5 Å². The minimum atomic E-state index is 0.0651. The van der Waals surface area contributed by atoms with Gasteiger partial charge in [-0.3, -0.25) is 4.79 Å². The molecule has 1 amide bonds. The zero-order valence-electron chi connectivity index (χ0n) is 14.6. The average Bonchev–Trinajstić information content (AvgIpc) is 3.09. The molecule has 0 spiro atoms. The maximum atomic E-state index is 12.1. The van der Waals surface area contributed by atoms with E-state index in [4.69, 9.17) is 0 Å². The van der Waals surface area contributed by atoms with Crippen LogP contribution in [-0.4, -0.2) is 10.9 Å². The molecule has 25 heavy (non-hydrogen) atoms. The highest BCUT2D eigenvalue weighted by Gasteiger charge is 2.10. The smallest absolute Gasteiger partial charge is 0.226 e. The van der Waals surface area contributed by atoms with E-state index in [9.17, 15) is 4.79 Å². The SMILES string of the molecule is CCCCCCCC(=O)Nc1nc(-c2cccc3ccccc23)cs1. The molecule has 0 aliphatic rings. The van der Waals surface area contributed by atoms with Gasteiger partial charge in [0.2, 0.25) is 5.91 Å². The number of hydrogen-bond acceptors (Lipinski definition) is 3. The van der Waals surface area contributed by atoms with Crippen LogP contribution in [0.4, 0.5) is 5.13 Å². The van der Waals surface area contributed by atoms with E-state index in [1.54, 1.807) is 0 Å². The highest BCUT2D eigenvalue weighted by Crippen LogP contribution is 2.31. The summed E-state index contributed by atoms with van der Waals surface area (Å²) < 4.78 is 0. The minimum absolute atomic E-state index is 0.0651. The molecule has 0 bridgehead atoms. The van der Waals surface area contributed by atoms with Crippen LogP contribution in [0.1, 0.15) is 45.4 Å². The van der Waals surface area contributed by atoms with Gasteiger partial charge in [-0.15, -0.1) is 11.3 Å². The van der Waals surface area contributed by atoms with Gasteiger partial charge in [0, 0.05) is 17.4 Å². The molecule has 0 aliphatic heterocycles. The number of benzene rings is 2. The summed E-state index contributed by atoms with van der Waals surface area (Å²) in [6.07, 6.45) is 6.34. The summed E-state index contributed by atoms with van der Waals surface area (Å²) in [5.41, 5.74) is 2.02. The highest BCUT2D eigenvalue weighted by molar-refractivity contribution is 7.14. The van der Waals surface area contributed by atoms with E-state index in [-0.39, 0.29) is 5.91 Å². The maximum Gasteiger partial charge on any atom is 0.226 e. The molecule has 3 aromatic rings. The number of nitrogens with zero attached hydrogens (tertiary/aromatic N) is 1. The van der Waals surface area contributed by atoms with Crippen molar-refractivity contribution in [3.63, 3.8) is 0 Å². The number of aromatic nitrogens is 1. The van der Waals surface area contributed by atoms with E-state index in [0.29, 0.717) is 11.6 Å². The van der Waals surface area contributed by atoms with E-state index < -0.39 is 0 Å². The van der Waals surface area contributed by atoms with E-state index in [0.717, 1.165) is 24.1 Å². The lowest BCUT2D eigenvalue weighted by Crippen LogP contribution is -2.10. The Labute approximate surface area is 153 Å². The summed E-state index contributed by atoms with van der Waals surface area (Å²) in [5, 5.41) is 8.02. The Morgan fingerprint density at radius 2 is 1.84 bits per heavy atom. The van der Waals surface area contributed by atoms with Gasteiger partial charge >= 0.3 is 0 Å². The summed E-state index contributed by atoms with van der Waals surface area (Å²) >= 11 is 1.49. The summed E-state index contributed by atoms with van der Waals surface area (Å²) in [6.45, 7) is 2.20. The molecule has 0 radical (unpaired) electrons. The summed E-state index contributed by atoms with van der Waals surface area (Å²) in [7, 11) is 0. The standard InChI is InChI=1S/C21H24N2OS/c1-2-3-4-5-6-14-20(24)23-21-22-19(15-25-21)18-13-9-11-16-10-7-8-12-17(16)18/h7-13,15H,2-6,14H2,1H3,(H,22,23,24). The molecule has 1 N–H and O–H groups in total. The molecular weight excluding hydrogens is 328 g/mol. The molecule has 4 heteroatoms. The van der Waals surface area contributed by atoms with Crippen LogP contribution in [0.25, 0.3) is 22.0 Å². The molecular formula is C21H24N2OS. The van der Waals surface area contributed by atoms with Crippen LogP contribution in [0.5, 0.6) is 0 Å². The zero-order chi connectivity index (χ0) is 17.5. The predicted octanol–water partition coefficient (Wildman–Crippen LogP) is 6.26. The fourth-order valence-corrected chi connectivity index (χ4v) is 3.70. The molecule has 0 saturated heterocycles. The van der Waals surface area contributed by atoms with Crippen molar-refractivity contribution in [1.82, 2.24) is 4.98 Å². The number of unbranched alkanes of at least 4 members (excludes halogenated alkanes) is 4. The highest BCUT2D eigenvalue weighted by atomic mass is 32.1. The minimum Gasteiger partial charge on any atom is -0.302 e. The maximum absolute atomic E-state index is 12.1. The molecule has 130 valence electrons. The number of hydrogen-bond donors (Lipinski definition) is 1. The lowest BCUT2D eigenvalue weighted by atomic mass is 10.0. The van der Waals surface area contributed by atoms with Crippen LogP contribution < -0.4 is 5.32 Å². The number of nitrogens with one attached hydrogen (secondary N) is 1. The van der Waals surface area contributed by atoms with Gasteiger partial charge in [-0.1, -0.05) is 75.1 Å². The van der Waals surface area contributed by atoms with Gasteiger partial charge in [0.05, 0.1) is 5.69 Å². The number of carbonyl (C=O) groups is 1. The molecule has 2 aromatic carbocycles. The van der Waals surface area contributed by atoms with Gasteiger partial charge in [0.15, 0.2) is 5.13 Å². The van der Waals surface area contributed by atoms with Crippen LogP contribution in [0.2, 0.25) is 0 Å². The first-order valence-corrected chi connectivity index (χ1v) is 9.89. The van der Waals surface area contributed by atoms with Crippen molar-refractivity contribution in [3.8, 4) is 11.3 Å². The van der Waals surface area contributed by atoms with Crippen molar-refractivity contribution in [2.75, 3.05) is 5.32 Å². The molecule has 0 aliphatic carbocycles. The average molecular weight is 353 g/mol. The van der Waals surface area contributed by atoms with Crippen molar-refractivity contribution < 1.29 is 4.79 Å². The molecule has 0 fully saturated rings. The Bertz CT molecular complexity index is 835. The summed E-state index contributed by atoms with van der Waals surface area (Å²) in [5.74, 6) is 0.0651. The number of amides is 1. The van der Waals surface area contributed by atoms with Crippen LogP contribution in [0.15, 0.2) is 47.8 Å². The fourth-order valence-electron chi connectivity index (χ4n) is 2.97. The van der Waals surface area contributed by atoms with Crippen molar-refractivity contribution >= 4 is 33.1 Å². The third-order valence-corrected chi connectivity index (χ3v) is 5.08. The third-order valence-electron chi connectivity index (χ3n) is 4.32. The first kappa shape index (κ1) is 17.6. The molecule has 3 rings (SSSR count). The second kappa shape index (κ2) is 8.77. The van der Waals surface area contributed by atoms with Gasteiger partial charge < -0.3 is 5.32 Å². The second-order valence-electron chi connectivity index (χ2n) is 6.28. The predicted molar refractivity (Wildman–Crippen MR) is 107 cm³/mol. The van der Waals surface area contributed by atoms with Crippen molar-refractivity contribution in [2.45, 2.75) is 45.4 Å². The first-order valence-electron chi connectivity index (χ1n) is 9.01. The summed E-state index contributed by atoms with van der Waals surface area (Å²) in [4.78, 5) is 16.7. The number of thiazole rings is 1. The lowest BCUT2D eigenvalue weighted by molar-refractivity contribution is -0.116. The van der Waals surface area contributed by atoms with Gasteiger partial charge in [0.25, 0.3) is 0 Å². The molecule has 1 aromatic heterocycles. The third kappa shape index (κ3) is 4.67. The second-order valence-corrected chi connectivity index (χ2v) is 7.14. The molecule has 0 unspecified atom stereocenters. The van der Waals surface area contributed by atoms with Crippen molar-refractivity contribution in [2.24, 2.45) is 0 Å². The Kier molecular flexibility index (Phi) is 6.18. The van der Waals surface area contributed by atoms with Crippen molar-refractivity contribution in [1.29, 1.82) is 0 Å². The van der Waals surface area contributed by atoms with Gasteiger partial charge in [-0.25, -0.2) is 4.98 Å². The lowest BCUT2D eigenvalue weighted by Gasteiger charge is -2.04. The Morgan fingerprint density at radius 1 is 1.04 bits per heavy atom. The fraction of sp³-hybridized carbons (Fsp3) is 0.333. The number of rotatable bonds is 8. The molecule has 0 atom stereocenters. The van der Waals surface area contributed by atoms with Crippen LogP contribution >= 0.6 is 11.3 Å². The number of carbonyl (C=O) groups excluding carboxylic acids is 1. The molecule has 1 heterocycles.